The molecule has 0 spiro atoms. The molecule has 4 rings (SSSR count). The van der Waals surface area contributed by atoms with Crippen molar-refractivity contribution in [2.24, 2.45) is 0 Å². The van der Waals surface area contributed by atoms with Gasteiger partial charge in [-0.2, -0.15) is 0 Å². The number of Topliss-reactive ketones (excluding diaryl/α,β-unsaturated/α-hetero) is 1. The molecule has 146 valence electrons. The minimum absolute atomic E-state index is 0.140. The molecule has 0 unspecified atom stereocenters. The number of thiophene rings is 1. The number of thioether (sulfide) groups is 1. The standard InChI is InChI=1S/C21H21FN2O2S2/c1-13(25)7-6-12-27-21-23-19-18(14-8-2-5-11-17(14)28-19)20(26)24(21)16-10-4-3-9-15(16)22/h3-4,9-10H,2,5-8,11-12H2,1H3. The largest absolute Gasteiger partial charge is 0.300 e. The van der Waals surface area contributed by atoms with Gasteiger partial charge in [0.15, 0.2) is 5.16 Å². The number of aromatic nitrogens is 2. The molecule has 3 aromatic rings. The zero-order chi connectivity index (χ0) is 19.7. The van der Waals surface area contributed by atoms with Crippen LogP contribution in [-0.2, 0) is 17.6 Å². The number of fused-ring (bicyclic) bond motifs is 3. The third-order valence-corrected chi connectivity index (χ3v) is 7.17. The molecule has 0 radical (unpaired) electrons. The highest BCUT2D eigenvalue weighted by atomic mass is 32.2. The summed E-state index contributed by atoms with van der Waals surface area (Å²) in [6.07, 6.45) is 5.26. The predicted molar refractivity (Wildman–Crippen MR) is 112 cm³/mol. The van der Waals surface area contributed by atoms with Crippen molar-refractivity contribution in [3.05, 3.63) is 50.9 Å². The van der Waals surface area contributed by atoms with E-state index in [-0.39, 0.29) is 17.0 Å². The number of carbonyl (C=O) groups is 1. The first kappa shape index (κ1) is 19.3. The minimum Gasteiger partial charge on any atom is -0.300 e. The number of ketones is 1. The third-order valence-electron chi connectivity index (χ3n) is 4.96. The van der Waals surface area contributed by atoms with E-state index in [4.69, 9.17) is 4.98 Å². The summed E-state index contributed by atoms with van der Waals surface area (Å²) in [6, 6.07) is 6.31. The Hall–Kier alpha value is -1.99. The van der Waals surface area contributed by atoms with Crippen LogP contribution < -0.4 is 5.56 Å². The monoisotopic (exact) mass is 416 g/mol. The Morgan fingerprint density at radius 1 is 1.29 bits per heavy atom. The number of hydrogen-bond donors (Lipinski definition) is 0. The van der Waals surface area contributed by atoms with Gasteiger partial charge in [0, 0.05) is 17.1 Å². The second-order valence-corrected chi connectivity index (χ2v) is 9.18. The summed E-state index contributed by atoms with van der Waals surface area (Å²) in [6.45, 7) is 1.57. The van der Waals surface area contributed by atoms with Crippen LogP contribution in [0.1, 0.15) is 43.0 Å². The highest BCUT2D eigenvalue weighted by molar-refractivity contribution is 7.99. The number of halogens is 1. The zero-order valence-electron chi connectivity index (χ0n) is 15.7. The summed E-state index contributed by atoms with van der Waals surface area (Å²) in [5.41, 5.74) is 1.14. The summed E-state index contributed by atoms with van der Waals surface area (Å²) in [5.74, 6) is 0.346. The normalized spacial score (nSPS) is 13.6. The van der Waals surface area contributed by atoms with Crippen LogP contribution in [0.4, 0.5) is 4.39 Å². The number of aryl methyl sites for hydroxylation is 2. The van der Waals surface area contributed by atoms with E-state index in [0.29, 0.717) is 29.1 Å². The molecule has 0 amide bonds. The Balaban J connectivity index is 1.86. The second kappa shape index (κ2) is 8.17. The highest BCUT2D eigenvalue weighted by Crippen LogP contribution is 2.35. The van der Waals surface area contributed by atoms with Crippen molar-refractivity contribution in [2.45, 2.75) is 50.6 Å². The predicted octanol–water partition coefficient (Wildman–Crippen LogP) is 4.93. The van der Waals surface area contributed by atoms with Crippen LogP contribution in [0.15, 0.2) is 34.2 Å². The van der Waals surface area contributed by atoms with Gasteiger partial charge in [0.2, 0.25) is 0 Å². The van der Waals surface area contributed by atoms with E-state index in [2.05, 4.69) is 0 Å². The maximum Gasteiger partial charge on any atom is 0.267 e. The van der Waals surface area contributed by atoms with Crippen LogP contribution in [0.5, 0.6) is 0 Å². The maximum absolute atomic E-state index is 14.6. The van der Waals surface area contributed by atoms with Gasteiger partial charge in [-0.25, -0.2) is 9.37 Å². The van der Waals surface area contributed by atoms with E-state index in [9.17, 15) is 14.0 Å². The van der Waals surface area contributed by atoms with Crippen LogP contribution in [0, 0.1) is 5.82 Å². The number of hydrogen-bond acceptors (Lipinski definition) is 5. The van der Waals surface area contributed by atoms with Gasteiger partial charge < -0.3 is 4.79 Å². The maximum atomic E-state index is 14.6. The SMILES string of the molecule is CC(=O)CCCSc1nc2sc3c(c2c(=O)n1-c1ccccc1F)CCCC3. The average molecular weight is 417 g/mol. The van der Waals surface area contributed by atoms with Crippen LogP contribution in [0.2, 0.25) is 0 Å². The van der Waals surface area contributed by atoms with Gasteiger partial charge in [0.25, 0.3) is 5.56 Å². The summed E-state index contributed by atoms with van der Waals surface area (Å²) in [4.78, 5) is 31.4. The molecule has 0 bridgehead atoms. The summed E-state index contributed by atoms with van der Waals surface area (Å²) >= 11 is 3.00. The number of benzene rings is 1. The first-order chi connectivity index (χ1) is 13.6. The summed E-state index contributed by atoms with van der Waals surface area (Å²) < 4.78 is 16.0. The molecule has 0 saturated carbocycles. The number of nitrogens with zero attached hydrogens (tertiary/aromatic N) is 2. The fourth-order valence-corrected chi connectivity index (χ4v) is 5.86. The molecular weight excluding hydrogens is 395 g/mol. The molecule has 1 aliphatic rings. The minimum atomic E-state index is -0.444. The fourth-order valence-electron chi connectivity index (χ4n) is 3.61. The molecule has 4 nitrogen and oxygen atoms in total. The molecule has 2 aromatic heterocycles. The van der Waals surface area contributed by atoms with Gasteiger partial charge in [0.1, 0.15) is 16.4 Å². The van der Waals surface area contributed by atoms with Gasteiger partial charge >= 0.3 is 0 Å². The van der Waals surface area contributed by atoms with Gasteiger partial charge in [0.05, 0.1) is 11.1 Å². The lowest BCUT2D eigenvalue weighted by molar-refractivity contribution is -0.117. The van der Waals surface area contributed by atoms with E-state index in [1.54, 1.807) is 36.5 Å². The lowest BCUT2D eigenvalue weighted by atomic mass is 9.97. The lowest BCUT2D eigenvalue weighted by Crippen LogP contribution is -2.23. The van der Waals surface area contributed by atoms with E-state index in [1.165, 1.54) is 27.3 Å². The Morgan fingerprint density at radius 3 is 2.86 bits per heavy atom. The van der Waals surface area contributed by atoms with Gasteiger partial charge in [-0.15, -0.1) is 11.3 Å². The third kappa shape index (κ3) is 3.65. The van der Waals surface area contributed by atoms with Crippen molar-refractivity contribution in [1.29, 1.82) is 0 Å². The molecule has 1 aliphatic carbocycles. The van der Waals surface area contributed by atoms with E-state index in [1.807, 2.05) is 0 Å². The molecule has 0 aliphatic heterocycles. The molecule has 0 atom stereocenters. The quantitative estimate of drug-likeness (QED) is 0.325. The van der Waals surface area contributed by atoms with Crippen molar-refractivity contribution < 1.29 is 9.18 Å². The topological polar surface area (TPSA) is 52.0 Å². The van der Waals surface area contributed by atoms with E-state index >= 15 is 0 Å². The smallest absolute Gasteiger partial charge is 0.267 e. The Morgan fingerprint density at radius 2 is 2.07 bits per heavy atom. The number of carbonyl (C=O) groups excluding carboxylic acids is 1. The number of para-hydroxylation sites is 1. The van der Waals surface area contributed by atoms with Gasteiger partial charge in [-0.05, 0) is 56.7 Å². The first-order valence-electron chi connectivity index (χ1n) is 9.50. The molecule has 1 aromatic carbocycles. The Bertz CT molecular complexity index is 1100. The summed E-state index contributed by atoms with van der Waals surface area (Å²) in [7, 11) is 0. The second-order valence-electron chi connectivity index (χ2n) is 7.03. The van der Waals surface area contributed by atoms with Crippen LogP contribution in [0.25, 0.3) is 15.9 Å². The van der Waals surface area contributed by atoms with E-state index < -0.39 is 5.82 Å². The molecule has 0 N–H and O–H groups in total. The molecule has 7 heteroatoms. The van der Waals surface area contributed by atoms with Crippen molar-refractivity contribution in [3.8, 4) is 5.69 Å². The summed E-state index contributed by atoms with van der Waals surface area (Å²) in [5, 5.41) is 1.14. The highest BCUT2D eigenvalue weighted by Gasteiger charge is 2.23. The zero-order valence-corrected chi connectivity index (χ0v) is 17.3. The van der Waals surface area contributed by atoms with Crippen molar-refractivity contribution in [1.82, 2.24) is 9.55 Å². The van der Waals surface area contributed by atoms with Gasteiger partial charge in [-0.3, -0.25) is 9.36 Å². The Labute approximate surface area is 170 Å². The average Bonchev–Trinajstić information content (AvgIpc) is 3.05. The van der Waals surface area contributed by atoms with Crippen molar-refractivity contribution in [2.75, 3.05) is 5.75 Å². The van der Waals surface area contributed by atoms with Gasteiger partial charge in [-0.1, -0.05) is 23.9 Å². The lowest BCUT2D eigenvalue weighted by Gasteiger charge is -2.14. The first-order valence-corrected chi connectivity index (χ1v) is 11.3. The molecular formula is C21H21FN2O2S2. The molecule has 0 saturated heterocycles. The number of rotatable bonds is 6. The van der Waals surface area contributed by atoms with Crippen molar-refractivity contribution in [3.63, 3.8) is 0 Å². The Kier molecular flexibility index (Phi) is 5.64. The van der Waals surface area contributed by atoms with Crippen LogP contribution in [-0.4, -0.2) is 21.1 Å². The van der Waals surface area contributed by atoms with Crippen LogP contribution in [0.3, 0.4) is 0 Å². The van der Waals surface area contributed by atoms with E-state index in [0.717, 1.165) is 36.1 Å². The fraction of sp³-hybridized carbons (Fsp3) is 0.381. The van der Waals surface area contributed by atoms with Crippen molar-refractivity contribution >= 4 is 39.1 Å². The van der Waals surface area contributed by atoms with Crippen LogP contribution >= 0.6 is 23.1 Å². The molecule has 0 fully saturated rings. The molecule has 28 heavy (non-hydrogen) atoms. The molecule has 2 heterocycles.